The van der Waals surface area contributed by atoms with Crippen LogP contribution in [0.3, 0.4) is 0 Å². The molecule has 3 aromatic rings. The molecule has 3 rings (SSSR count). The highest BCUT2D eigenvalue weighted by Crippen LogP contribution is 2.17. The fourth-order valence-electron chi connectivity index (χ4n) is 2.22. The van der Waals surface area contributed by atoms with Gasteiger partial charge in [-0.2, -0.15) is 0 Å². The molecule has 1 N–H and O–H groups in total. The van der Waals surface area contributed by atoms with Gasteiger partial charge in [0, 0.05) is 23.9 Å². The van der Waals surface area contributed by atoms with Gasteiger partial charge in [-0.1, -0.05) is 60.7 Å². The van der Waals surface area contributed by atoms with E-state index in [4.69, 9.17) is 0 Å². The number of nitrogens with zero attached hydrogens (tertiary/aromatic N) is 1. The summed E-state index contributed by atoms with van der Waals surface area (Å²) in [5.41, 5.74) is 3.49. The highest BCUT2D eigenvalue weighted by atomic mass is 16.1. The zero-order valence-electron chi connectivity index (χ0n) is 12.1. The molecule has 22 heavy (non-hydrogen) atoms. The van der Waals surface area contributed by atoms with E-state index < -0.39 is 0 Å². The van der Waals surface area contributed by atoms with Crippen molar-refractivity contribution < 1.29 is 4.79 Å². The van der Waals surface area contributed by atoms with Crippen LogP contribution in [-0.4, -0.2) is 10.9 Å². The average Bonchev–Trinajstić information content (AvgIpc) is 2.61. The van der Waals surface area contributed by atoms with Crippen LogP contribution in [-0.2, 0) is 6.54 Å². The van der Waals surface area contributed by atoms with Crippen molar-refractivity contribution in [1.82, 2.24) is 10.3 Å². The molecular weight excluding hydrogens is 272 g/mol. The van der Waals surface area contributed by atoms with Crippen molar-refractivity contribution in [2.24, 2.45) is 0 Å². The second-order valence-corrected chi connectivity index (χ2v) is 4.96. The van der Waals surface area contributed by atoms with Crippen LogP contribution in [0.25, 0.3) is 11.3 Å². The van der Waals surface area contributed by atoms with Gasteiger partial charge in [0.2, 0.25) is 0 Å². The Morgan fingerprint density at radius 3 is 2.32 bits per heavy atom. The van der Waals surface area contributed by atoms with E-state index in [1.165, 1.54) is 0 Å². The molecule has 108 valence electrons. The maximum Gasteiger partial charge on any atom is 0.251 e. The quantitative estimate of drug-likeness (QED) is 0.795. The molecule has 0 aliphatic heterocycles. The first-order valence-corrected chi connectivity index (χ1v) is 7.16. The van der Waals surface area contributed by atoms with Crippen LogP contribution >= 0.6 is 0 Å². The molecule has 2 aromatic carbocycles. The van der Waals surface area contributed by atoms with Gasteiger partial charge in [0.25, 0.3) is 5.91 Å². The standard InChI is InChI=1S/C19H16N2O/c22-19(21-14-15-7-3-1-4-8-15)17-11-12-20-18(13-17)16-9-5-2-6-10-16/h1-13H,14H2,(H,21,22). The molecule has 0 atom stereocenters. The summed E-state index contributed by atoms with van der Waals surface area (Å²) in [6, 6.07) is 23.2. The molecule has 1 amide bonds. The molecule has 1 aromatic heterocycles. The van der Waals surface area contributed by atoms with E-state index in [0.717, 1.165) is 16.8 Å². The Bertz CT molecular complexity index is 755. The summed E-state index contributed by atoms with van der Waals surface area (Å²) in [7, 11) is 0. The Morgan fingerprint density at radius 2 is 1.59 bits per heavy atom. The number of hydrogen-bond acceptors (Lipinski definition) is 2. The first kappa shape index (κ1) is 14.0. The minimum absolute atomic E-state index is 0.0940. The smallest absolute Gasteiger partial charge is 0.251 e. The van der Waals surface area contributed by atoms with Crippen LogP contribution in [0, 0.1) is 0 Å². The summed E-state index contributed by atoms with van der Waals surface area (Å²) in [5.74, 6) is -0.0940. The number of carbonyl (C=O) groups is 1. The van der Waals surface area contributed by atoms with Crippen molar-refractivity contribution in [3.8, 4) is 11.3 Å². The Hall–Kier alpha value is -2.94. The van der Waals surface area contributed by atoms with Gasteiger partial charge in [-0.25, -0.2) is 0 Å². The Balaban J connectivity index is 1.73. The van der Waals surface area contributed by atoms with E-state index in [1.54, 1.807) is 12.3 Å². The Labute approximate surface area is 129 Å². The van der Waals surface area contributed by atoms with Crippen LogP contribution in [0.2, 0.25) is 0 Å². The average molecular weight is 288 g/mol. The maximum absolute atomic E-state index is 12.3. The van der Waals surface area contributed by atoms with E-state index in [0.29, 0.717) is 12.1 Å². The van der Waals surface area contributed by atoms with Gasteiger partial charge >= 0.3 is 0 Å². The largest absolute Gasteiger partial charge is 0.348 e. The highest BCUT2D eigenvalue weighted by Gasteiger charge is 2.07. The normalized spacial score (nSPS) is 10.2. The van der Waals surface area contributed by atoms with E-state index >= 15 is 0 Å². The van der Waals surface area contributed by atoms with E-state index in [-0.39, 0.29) is 5.91 Å². The van der Waals surface area contributed by atoms with Gasteiger partial charge in [0.05, 0.1) is 5.69 Å². The second kappa shape index (κ2) is 6.68. The number of benzene rings is 2. The monoisotopic (exact) mass is 288 g/mol. The van der Waals surface area contributed by atoms with Gasteiger partial charge in [0.1, 0.15) is 0 Å². The zero-order valence-corrected chi connectivity index (χ0v) is 12.1. The van der Waals surface area contributed by atoms with Crippen LogP contribution in [0.5, 0.6) is 0 Å². The van der Waals surface area contributed by atoms with E-state index in [2.05, 4.69) is 10.3 Å². The number of rotatable bonds is 4. The fourth-order valence-corrected chi connectivity index (χ4v) is 2.22. The van der Waals surface area contributed by atoms with Crippen molar-refractivity contribution in [1.29, 1.82) is 0 Å². The number of nitrogens with one attached hydrogen (secondary N) is 1. The minimum Gasteiger partial charge on any atom is -0.348 e. The third kappa shape index (κ3) is 3.38. The number of carbonyl (C=O) groups excluding carboxylic acids is 1. The minimum atomic E-state index is -0.0940. The Kier molecular flexibility index (Phi) is 4.25. The molecule has 0 radical (unpaired) electrons. The van der Waals surface area contributed by atoms with Crippen molar-refractivity contribution in [2.45, 2.75) is 6.54 Å². The zero-order chi connectivity index (χ0) is 15.2. The highest BCUT2D eigenvalue weighted by molar-refractivity contribution is 5.95. The predicted molar refractivity (Wildman–Crippen MR) is 87.3 cm³/mol. The molecule has 0 unspecified atom stereocenters. The molecule has 0 bridgehead atoms. The van der Waals surface area contributed by atoms with Crippen molar-refractivity contribution in [3.63, 3.8) is 0 Å². The van der Waals surface area contributed by atoms with Crippen molar-refractivity contribution in [3.05, 3.63) is 90.1 Å². The third-order valence-electron chi connectivity index (χ3n) is 3.39. The lowest BCUT2D eigenvalue weighted by atomic mass is 10.1. The number of pyridine rings is 1. The third-order valence-corrected chi connectivity index (χ3v) is 3.39. The lowest BCUT2D eigenvalue weighted by Crippen LogP contribution is -2.22. The molecule has 1 heterocycles. The molecule has 3 heteroatoms. The van der Waals surface area contributed by atoms with Gasteiger partial charge < -0.3 is 5.32 Å². The van der Waals surface area contributed by atoms with Gasteiger partial charge in [-0.15, -0.1) is 0 Å². The van der Waals surface area contributed by atoms with Gasteiger partial charge in [-0.3, -0.25) is 9.78 Å². The molecule has 3 nitrogen and oxygen atoms in total. The summed E-state index contributed by atoms with van der Waals surface area (Å²) in [6.07, 6.45) is 1.67. The molecule has 0 aliphatic carbocycles. The van der Waals surface area contributed by atoms with Gasteiger partial charge in [0.15, 0.2) is 0 Å². The molecule has 0 spiro atoms. The molecule has 0 fully saturated rings. The first-order valence-electron chi connectivity index (χ1n) is 7.16. The summed E-state index contributed by atoms with van der Waals surface area (Å²) in [6.45, 7) is 0.517. The van der Waals surface area contributed by atoms with Gasteiger partial charge in [-0.05, 0) is 17.7 Å². The van der Waals surface area contributed by atoms with Crippen molar-refractivity contribution >= 4 is 5.91 Å². The first-order chi connectivity index (χ1) is 10.8. The van der Waals surface area contributed by atoms with Crippen LogP contribution < -0.4 is 5.32 Å². The van der Waals surface area contributed by atoms with Crippen LogP contribution in [0.1, 0.15) is 15.9 Å². The molecule has 0 saturated heterocycles. The SMILES string of the molecule is O=C(NCc1ccccc1)c1ccnc(-c2ccccc2)c1. The number of aromatic nitrogens is 1. The second-order valence-electron chi connectivity index (χ2n) is 4.96. The lowest BCUT2D eigenvalue weighted by molar-refractivity contribution is 0.0951. The topological polar surface area (TPSA) is 42.0 Å². The molecule has 0 saturated carbocycles. The molecular formula is C19H16N2O. The number of amides is 1. The Morgan fingerprint density at radius 1 is 0.909 bits per heavy atom. The predicted octanol–water partition coefficient (Wildman–Crippen LogP) is 3.68. The summed E-state index contributed by atoms with van der Waals surface area (Å²) < 4.78 is 0. The number of hydrogen-bond donors (Lipinski definition) is 1. The fraction of sp³-hybridized carbons (Fsp3) is 0.0526. The van der Waals surface area contributed by atoms with E-state index in [1.807, 2.05) is 66.7 Å². The van der Waals surface area contributed by atoms with Crippen LogP contribution in [0.4, 0.5) is 0 Å². The lowest BCUT2D eigenvalue weighted by Gasteiger charge is -2.07. The van der Waals surface area contributed by atoms with Crippen molar-refractivity contribution in [2.75, 3.05) is 0 Å². The summed E-state index contributed by atoms with van der Waals surface area (Å²) in [4.78, 5) is 16.6. The molecule has 0 aliphatic rings. The summed E-state index contributed by atoms with van der Waals surface area (Å²) in [5, 5.41) is 2.93. The maximum atomic E-state index is 12.3. The van der Waals surface area contributed by atoms with E-state index in [9.17, 15) is 4.79 Å². The summed E-state index contributed by atoms with van der Waals surface area (Å²) >= 11 is 0. The van der Waals surface area contributed by atoms with Crippen LogP contribution in [0.15, 0.2) is 79.0 Å².